The zero-order chi connectivity index (χ0) is 9.97. The summed E-state index contributed by atoms with van der Waals surface area (Å²) in [6.07, 6.45) is 1.48. The molecule has 2 aromatic rings. The highest BCUT2D eigenvalue weighted by Gasteiger charge is 2.05. The summed E-state index contributed by atoms with van der Waals surface area (Å²) in [5.74, 6) is 0.703. The summed E-state index contributed by atoms with van der Waals surface area (Å²) in [6.45, 7) is 0.400. The number of hydrogen-bond donors (Lipinski definition) is 1. The van der Waals surface area contributed by atoms with E-state index in [4.69, 9.17) is 10.2 Å². The molecule has 0 aliphatic rings. The van der Waals surface area contributed by atoms with Gasteiger partial charge in [0.25, 0.3) is 0 Å². The molecule has 72 valence electrons. The highest BCUT2D eigenvalue weighted by molar-refractivity contribution is 9.10. The van der Waals surface area contributed by atoms with Gasteiger partial charge in [-0.05, 0) is 34.1 Å². The first-order chi connectivity index (χ1) is 6.79. The molecule has 0 aliphatic carbocycles. The first-order valence-electron chi connectivity index (χ1n) is 4.06. The summed E-state index contributed by atoms with van der Waals surface area (Å²) in [5.41, 5.74) is 7.01. The van der Waals surface area contributed by atoms with Crippen molar-refractivity contribution in [2.24, 2.45) is 5.73 Å². The van der Waals surface area contributed by atoms with Crippen molar-refractivity contribution in [3.8, 4) is 11.5 Å². The predicted molar refractivity (Wildman–Crippen MR) is 55.3 cm³/mol. The molecule has 2 rings (SSSR count). The van der Waals surface area contributed by atoms with Crippen LogP contribution in [0.5, 0.6) is 0 Å². The van der Waals surface area contributed by atoms with Gasteiger partial charge in [0.05, 0.1) is 5.69 Å². The van der Waals surface area contributed by atoms with Crippen molar-refractivity contribution in [1.82, 2.24) is 9.97 Å². The fraction of sp³-hybridized carbons (Fsp3) is 0.111. The molecule has 0 saturated carbocycles. The lowest BCUT2D eigenvalue weighted by Crippen LogP contribution is -2.00. The minimum Gasteiger partial charge on any atom is -0.448 e. The van der Waals surface area contributed by atoms with Crippen molar-refractivity contribution < 1.29 is 4.42 Å². The van der Waals surface area contributed by atoms with Gasteiger partial charge in [-0.2, -0.15) is 0 Å². The molecule has 2 aromatic heterocycles. The summed E-state index contributed by atoms with van der Waals surface area (Å²) in [7, 11) is 0. The predicted octanol–water partition coefficient (Wildman–Crippen LogP) is 1.96. The average Bonchev–Trinajstić information content (AvgIpc) is 2.65. The lowest BCUT2D eigenvalue weighted by molar-refractivity contribution is 0.553. The zero-order valence-corrected chi connectivity index (χ0v) is 8.86. The van der Waals surface area contributed by atoms with E-state index in [-0.39, 0.29) is 0 Å². The number of rotatable bonds is 2. The third-order valence-corrected chi connectivity index (χ3v) is 2.18. The Kier molecular flexibility index (Phi) is 2.60. The molecular weight excluding hydrogens is 246 g/mol. The van der Waals surface area contributed by atoms with Crippen LogP contribution < -0.4 is 5.73 Å². The maximum Gasteiger partial charge on any atom is 0.169 e. The van der Waals surface area contributed by atoms with Gasteiger partial charge in [0.2, 0.25) is 0 Å². The van der Waals surface area contributed by atoms with E-state index in [1.54, 1.807) is 0 Å². The Morgan fingerprint density at radius 2 is 2.21 bits per heavy atom. The summed E-state index contributed by atoms with van der Waals surface area (Å²) < 4.78 is 6.04. The largest absolute Gasteiger partial charge is 0.448 e. The Balaban J connectivity index is 2.41. The summed E-state index contributed by atoms with van der Waals surface area (Å²) >= 11 is 3.23. The normalized spacial score (nSPS) is 10.4. The van der Waals surface area contributed by atoms with Crippen LogP contribution in [0.2, 0.25) is 0 Å². The Hall–Kier alpha value is -1.20. The molecule has 0 aliphatic heterocycles. The van der Waals surface area contributed by atoms with Crippen molar-refractivity contribution in [2.45, 2.75) is 6.54 Å². The molecule has 2 heterocycles. The third-order valence-electron chi connectivity index (χ3n) is 1.76. The van der Waals surface area contributed by atoms with Crippen LogP contribution in [0.1, 0.15) is 5.69 Å². The molecular formula is C9H8BrN3O. The first kappa shape index (κ1) is 9.36. The molecule has 0 bridgehead atoms. The van der Waals surface area contributed by atoms with E-state index < -0.39 is 0 Å². The number of furan rings is 1. The van der Waals surface area contributed by atoms with Crippen LogP contribution in [-0.2, 0) is 6.54 Å². The topological polar surface area (TPSA) is 64.9 Å². The van der Waals surface area contributed by atoms with Crippen LogP contribution in [-0.4, -0.2) is 9.97 Å². The van der Waals surface area contributed by atoms with Crippen LogP contribution in [0.4, 0.5) is 0 Å². The van der Waals surface area contributed by atoms with E-state index in [1.165, 1.54) is 6.33 Å². The fourth-order valence-electron chi connectivity index (χ4n) is 1.10. The molecule has 0 amide bonds. The minimum absolute atomic E-state index is 0.400. The SMILES string of the molecule is NCc1cc(-c2ccc(Br)o2)ncn1. The number of hydrogen-bond acceptors (Lipinski definition) is 4. The molecule has 2 N–H and O–H groups in total. The summed E-state index contributed by atoms with van der Waals surface area (Å²) in [5, 5.41) is 0. The lowest BCUT2D eigenvalue weighted by Gasteiger charge is -1.97. The van der Waals surface area contributed by atoms with Gasteiger partial charge in [-0.25, -0.2) is 9.97 Å². The van der Waals surface area contributed by atoms with Gasteiger partial charge in [0.15, 0.2) is 10.4 Å². The number of nitrogens with two attached hydrogens (primary N) is 1. The van der Waals surface area contributed by atoms with Gasteiger partial charge >= 0.3 is 0 Å². The van der Waals surface area contributed by atoms with E-state index >= 15 is 0 Å². The van der Waals surface area contributed by atoms with Gasteiger partial charge in [-0.1, -0.05) is 0 Å². The molecule has 0 unspecified atom stereocenters. The standard InChI is InChI=1S/C9H8BrN3O/c10-9-2-1-8(14-9)7-3-6(4-11)12-5-13-7/h1-3,5H,4,11H2. The van der Waals surface area contributed by atoms with E-state index in [0.29, 0.717) is 17.0 Å². The third kappa shape index (κ3) is 1.83. The molecule has 0 fully saturated rings. The minimum atomic E-state index is 0.400. The molecule has 0 radical (unpaired) electrons. The first-order valence-corrected chi connectivity index (χ1v) is 4.85. The smallest absolute Gasteiger partial charge is 0.169 e. The quantitative estimate of drug-likeness (QED) is 0.889. The Morgan fingerprint density at radius 1 is 1.36 bits per heavy atom. The molecule has 4 nitrogen and oxygen atoms in total. The van der Waals surface area contributed by atoms with E-state index in [0.717, 1.165) is 11.4 Å². The van der Waals surface area contributed by atoms with Crippen molar-refractivity contribution in [1.29, 1.82) is 0 Å². The van der Waals surface area contributed by atoms with Crippen molar-refractivity contribution in [2.75, 3.05) is 0 Å². The van der Waals surface area contributed by atoms with Crippen LogP contribution in [0.15, 0.2) is 33.6 Å². The van der Waals surface area contributed by atoms with Gasteiger partial charge in [0.1, 0.15) is 12.0 Å². The highest BCUT2D eigenvalue weighted by Crippen LogP contribution is 2.23. The molecule has 0 aromatic carbocycles. The number of aromatic nitrogens is 2. The maximum absolute atomic E-state index is 5.47. The monoisotopic (exact) mass is 253 g/mol. The second-order valence-corrected chi connectivity index (χ2v) is 3.48. The van der Waals surface area contributed by atoms with Crippen LogP contribution in [0.3, 0.4) is 0 Å². The molecule has 0 saturated heterocycles. The Bertz CT molecular complexity index is 441. The van der Waals surface area contributed by atoms with Gasteiger partial charge < -0.3 is 10.2 Å². The lowest BCUT2D eigenvalue weighted by atomic mass is 10.3. The van der Waals surface area contributed by atoms with Crippen molar-refractivity contribution >= 4 is 15.9 Å². The molecule has 0 spiro atoms. The van der Waals surface area contributed by atoms with Crippen LogP contribution in [0.25, 0.3) is 11.5 Å². The maximum atomic E-state index is 5.47. The van der Waals surface area contributed by atoms with Crippen molar-refractivity contribution in [3.63, 3.8) is 0 Å². The van der Waals surface area contributed by atoms with Crippen LogP contribution in [0, 0.1) is 0 Å². The molecule has 0 atom stereocenters. The van der Waals surface area contributed by atoms with Gasteiger partial charge in [0, 0.05) is 6.54 Å². The Labute approximate surface area is 89.3 Å². The Morgan fingerprint density at radius 3 is 2.86 bits per heavy atom. The van der Waals surface area contributed by atoms with Crippen molar-refractivity contribution in [3.05, 3.63) is 34.9 Å². The number of nitrogens with zero attached hydrogens (tertiary/aromatic N) is 2. The second-order valence-electron chi connectivity index (χ2n) is 2.70. The van der Waals surface area contributed by atoms with Gasteiger partial charge in [-0.3, -0.25) is 0 Å². The van der Waals surface area contributed by atoms with E-state index in [2.05, 4.69) is 25.9 Å². The highest BCUT2D eigenvalue weighted by atomic mass is 79.9. The summed E-state index contributed by atoms with van der Waals surface area (Å²) in [6, 6.07) is 5.47. The van der Waals surface area contributed by atoms with Gasteiger partial charge in [-0.15, -0.1) is 0 Å². The number of halogens is 1. The van der Waals surface area contributed by atoms with Crippen LogP contribution >= 0.6 is 15.9 Å². The molecule has 5 heteroatoms. The zero-order valence-electron chi connectivity index (χ0n) is 7.27. The average molecular weight is 254 g/mol. The second kappa shape index (κ2) is 3.89. The fourth-order valence-corrected chi connectivity index (χ4v) is 1.40. The van der Waals surface area contributed by atoms with E-state index in [9.17, 15) is 0 Å². The molecule has 14 heavy (non-hydrogen) atoms. The summed E-state index contributed by atoms with van der Waals surface area (Å²) in [4.78, 5) is 8.09. The van der Waals surface area contributed by atoms with E-state index in [1.807, 2.05) is 18.2 Å².